The molecule has 0 aliphatic heterocycles. The lowest BCUT2D eigenvalue weighted by molar-refractivity contribution is -0.137. The molecule has 0 radical (unpaired) electrons. The Morgan fingerprint density at radius 2 is 1.62 bits per heavy atom. The molecule has 0 amide bonds. The van der Waals surface area contributed by atoms with Gasteiger partial charge in [0.1, 0.15) is 5.82 Å². The lowest BCUT2D eigenvalue weighted by atomic mass is 10.0. The molecule has 2 rings (SSSR count). The summed E-state index contributed by atoms with van der Waals surface area (Å²) >= 11 is 12.0. The van der Waals surface area contributed by atoms with Gasteiger partial charge in [0.25, 0.3) is 0 Å². The van der Waals surface area contributed by atoms with Gasteiger partial charge in [-0.25, -0.2) is 4.39 Å². The van der Waals surface area contributed by atoms with Crippen molar-refractivity contribution in [2.24, 2.45) is 0 Å². The fourth-order valence-corrected chi connectivity index (χ4v) is 2.45. The Hall–Kier alpha value is -1.26. The molecule has 6 heteroatoms. The normalized spacial score (nSPS) is 13.2. The van der Waals surface area contributed by atoms with Crippen LogP contribution in [0.3, 0.4) is 0 Å². The van der Waals surface area contributed by atoms with Crippen LogP contribution >= 0.6 is 23.2 Å². The minimum Gasteiger partial charge on any atom is -0.207 e. The average molecular weight is 337 g/mol. The smallest absolute Gasteiger partial charge is 0.207 e. The van der Waals surface area contributed by atoms with Crippen LogP contribution in [0.25, 0.3) is 0 Å². The van der Waals surface area contributed by atoms with E-state index in [4.69, 9.17) is 23.2 Å². The van der Waals surface area contributed by atoms with E-state index in [0.29, 0.717) is 5.56 Å². The molecular formula is C15H10Cl2F4. The lowest BCUT2D eigenvalue weighted by Gasteiger charge is -2.13. The number of benzene rings is 2. The second-order valence-electron chi connectivity index (χ2n) is 4.49. The number of hydrogen-bond acceptors (Lipinski definition) is 0. The Kier molecular flexibility index (Phi) is 4.79. The van der Waals surface area contributed by atoms with Gasteiger partial charge in [-0.3, -0.25) is 0 Å². The van der Waals surface area contributed by atoms with E-state index in [2.05, 4.69) is 0 Å². The van der Waals surface area contributed by atoms with E-state index >= 15 is 0 Å². The van der Waals surface area contributed by atoms with Crippen LogP contribution in [-0.4, -0.2) is 0 Å². The van der Waals surface area contributed by atoms with Crippen LogP contribution in [0.5, 0.6) is 0 Å². The first kappa shape index (κ1) is 16.1. The summed E-state index contributed by atoms with van der Waals surface area (Å²) in [5, 5.41) is -0.422. The highest BCUT2D eigenvalue weighted by molar-refractivity contribution is 6.31. The van der Waals surface area contributed by atoms with Crippen LogP contribution < -0.4 is 0 Å². The predicted octanol–water partition coefficient (Wildman–Crippen LogP) is 6.02. The van der Waals surface area contributed by atoms with Gasteiger partial charge in [-0.05, 0) is 36.2 Å². The molecule has 0 fully saturated rings. The fraction of sp³-hybridized carbons (Fsp3) is 0.200. The number of halogens is 6. The molecule has 21 heavy (non-hydrogen) atoms. The minimum absolute atomic E-state index is 0.0957. The molecule has 2 aromatic carbocycles. The third kappa shape index (κ3) is 3.89. The van der Waals surface area contributed by atoms with E-state index in [1.165, 1.54) is 30.3 Å². The number of alkyl halides is 4. The van der Waals surface area contributed by atoms with Crippen molar-refractivity contribution < 1.29 is 17.6 Å². The molecule has 0 aliphatic carbocycles. The van der Waals surface area contributed by atoms with E-state index in [-0.39, 0.29) is 17.0 Å². The highest BCUT2D eigenvalue weighted by Crippen LogP contribution is 2.33. The maximum atomic E-state index is 13.7. The molecule has 112 valence electrons. The molecule has 0 saturated heterocycles. The molecule has 0 N–H and O–H groups in total. The van der Waals surface area contributed by atoms with Gasteiger partial charge in [-0.2, -0.15) is 13.2 Å². The summed E-state index contributed by atoms with van der Waals surface area (Å²) in [5.41, 5.74) is -0.0258. The Bertz CT molecular complexity index is 600. The first-order valence-electron chi connectivity index (χ1n) is 6.03. The maximum Gasteiger partial charge on any atom is 0.416 e. The average Bonchev–Trinajstić information content (AvgIpc) is 2.42. The predicted molar refractivity (Wildman–Crippen MR) is 75.2 cm³/mol. The van der Waals surface area contributed by atoms with Crippen LogP contribution in [0.1, 0.15) is 22.1 Å². The topological polar surface area (TPSA) is 0 Å². The van der Waals surface area contributed by atoms with Gasteiger partial charge in [-0.1, -0.05) is 29.8 Å². The molecule has 1 unspecified atom stereocenters. The van der Waals surface area contributed by atoms with Gasteiger partial charge >= 0.3 is 6.18 Å². The molecule has 1 atom stereocenters. The summed E-state index contributed by atoms with van der Waals surface area (Å²) in [6.45, 7) is 0. The summed E-state index contributed by atoms with van der Waals surface area (Å²) in [5.74, 6) is -0.486. The summed E-state index contributed by atoms with van der Waals surface area (Å²) < 4.78 is 51.1. The molecule has 2 aromatic rings. The van der Waals surface area contributed by atoms with Crippen LogP contribution in [0.4, 0.5) is 17.6 Å². The number of hydrogen-bond donors (Lipinski definition) is 0. The standard InChI is InChI=1S/C15H10Cl2F4/c16-12-2-1-3-14(18)11(12)8-13(17)9-4-6-10(7-5-9)15(19,20)21/h1-7,13H,8H2. The van der Waals surface area contributed by atoms with Gasteiger partial charge in [-0.15, -0.1) is 11.6 Å². The quantitative estimate of drug-likeness (QED) is 0.474. The zero-order valence-corrected chi connectivity index (χ0v) is 12.1. The highest BCUT2D eigenvalue weighted by Gasteiger charge is 2.30. The molecule has 0 nitrogen and oxygen atoms in total. The van der Waals surface area contributed by atoms with Crippen molar-refractivity contribution in [1.82, 2.24) is 0 Å². The van der Waals surface area contributed by atoms with Gasteiger partial charge in [0.05, 0.1) is 10.9 Å². The van der Waals surface area contributed by atoms with E-state index in [0.717, 1.165) is 12.1 Å². The summed E-state index contributed by atoms with van der Waals surface area (Å²) in [4.78, 5) is 0. The first-order valence-corrected chi connectivity index (χ1v) is 6.84. The Balaban J connectivity index is 2.19. The first-order chi connectivity index (χ1) is 9.79. The minimum atomic E-state index is -4.39. The maximum absolute atomic E-state index is 13.7. The van der Waals surface area contributed by atoms with Crippen molar-refractivity contribution in [3.63, 3.8) is 0 Å². The van der Waals surface area contributed by atoms with E-state index in [9.17, 15) is 17.6 Å². The summed E-state index contributed by atoms with van der Waals surface area (Å²) in [6, 6.07) is 8.75. The van der Waals surface area contributed by atoms with Crippen molar-refractivity contribution in [2.75, 3.05) is 0 Å². The van der Waals surface area contributed by atoms with Crippen molar-refractivity contribution in [3.8, 4) is 0 Å². The van der Waals surface area contributed by atoms with Crippen LogP contribution in [0, 0.1) is 5.82 Å². The molecule has 0 saturated carbocycles. The third-order valence-electron chi connectivity index (χ3n) is 3.04. The van der Waals surface area contributed by atoms with Crippen molar-refractivity contribution in [3.05, 3.63) is 70.0 Å². The molecule has 0 bridgehead atoms. The fourth-order valence-electron chi connectivity index (χ4n) is 1.91. The Labute approximate surface area is 129 Å². The van der Waals surface area contributed by atoms with Crippen molar-refractivity contribution in [2.45, 2.75) is 18.0 Å². The third-order valence-corrected chi connectivity index (χ3v) is 3.81. The van der Waals surface area contributed by atoms with Gasteiger partial charge in [0, 0.05) is 10.6 Å². The van der Waals surface area contributed by atoms with Gasteiger partial charge < -0.3 is 0 Å². The lowest BCUT2D eigenvalue weighted by Crippen LogP contribution is -2.05. The van der Waals surface area contributed by atoms with E-state index in [1.807, 2.05) is 0 Å². The molecular weight excluding hydrogens is 327 g/mol. The van der Waals surface area contributed by atoms with E-state index < -0.39 is 22.9 Å². The molecule has 0 aromatic heterocycles. The molecule has 0 aliphatic rings. The van der Waals surface area contributed by atoms with E-state index in [1.54, 1.807) is 0 Å². The zero-order chi connectivity index (χ0) is 15.6. The van der Waals surface area contributed by atoms with Crippen LogP contribution in [0.2, 0.25) is 5.02 Å². The summed E-state index contributed by atoms with van der Waals surface area (Å²) in [7, 11) is 0. The Morgan fingerprint density at radius 3 is 2.14 bits per heavy atom. The largest absolute Gasteiger partial charge is 0.416 e. The van der Waals surface area contributed by atoms with Crippen molar-refractivity contribution >= 4 is 23.2 Å². The highest BCUT2D eigenvalue weighted by atomic mass is 35.5. The summed E-state index contributed by atoms with van der Waals surface area (Å²) in [6.07, 6.45) is -4.30. The monoisotopic (exact) mass is 336 g/mol. The van der Waals surface area contributed by atoms with Gasteiger partial charge in [0.15, 0.2) is 0 Å². The molecule has 0 heterocycles. The van der Waals surface area contributed by atoms with Crippen molar-refractivity contribution in [1.29, 1.82) is 0 Å². The van der Waals surface area contributed by atoms with Crippen LogP contribution in [0.15, 0.2) is 42.5 Å². The second-order valence-corrected chi connectivity index (χ2v) is 5.43. The van der Waals surface area contributed by atoms with Crippen LogP contribution in [-0.2, 0) is 12.6 Å². The number of rotatable bonds is 3. The zero-order valence-electron chi connectivity index (χ0n) is 10.6. The Morgan fingerprint density at radius 1 is 1.00 bits per heavy atom. The van der Waals surface area contributed by atoms with Gasteiger partial charge in [0.2, 0.25) is 0 Å². The SMILES string of the molecule is Fc1cccc(Cl)c1CC(Cl)c1ccc(C(F)(F)F)cc1. The molecule has 0 spiro atoms. The second kappa shape index (κ2) is 6.24.